The van der Waals surface area contributed by atoms with E-state index in [-0.39, 0.29) is 18.5 Å². The van der Waals surface area contributed by atoms with Crippen LogP contribution in [-0.2, 0) is 14.3 Å². The van der Waals surface area contributed by atoms with E-state index in [0.29, 0.717) is 19.4 Å². The van der Waals surface area contributed by atoms with E-state index in [1.807, 2.05) is 6.08 Å². The summed E-state index contributed by atoms with van der Waals surface area (Å²) in [6.07, 6.45) is 68.9. The summed E-state index contributed by atoms with van der Waals surface area (Å²) in [5.41, 5.74) is 0. The summed E-state index contributed by atoms with van der Waals surface area (Å²) in [4.78, 5) is 24.5. The van der Waals surface area contributed by atoms with E-state index in [4.69, 9.17) is 4.74 Å². The van der Waals surface area contributed by atoms with Gasteiger partial charge in [0.25, 0.3) is 0 Å². The van der Waals surface area contributed by atoms with E-state index < -0.39 is 12.1 Å². The molecule has 0 aliphatic carbocycles. The quantitative estimate of drug-likeness (QED) is 0.0321. The van der Waals surface area contributed by atoms with Gasteiger partial charge in [0, 0.05) is 12.8 Å². The molecule has 3 N–H and O–H groups in total. The highest BCUT2D eigenvalue weighted by Crippen LogP contribution is 2.16. The van der Waals surface area contributed by atoms with Gasteiger partial charge in [0.15, 0.2) is 0 Å². The van der Waals surface area contributed by atoms with Gasteiger partial charge in [-0.1, -0.05) is 256 Å². The molecule has 66 heavy (non-hydrogen) atoms. The highest BCUT2D eigenvalue weighted by molar-refractivity contribution is 5.76. The van der Waals surface area contributed by atoms with Gasteiger partial charge < -0.3 is 20.3 Å². The Morgan fingerprint density at radius 3 is 1.11 bits per heavy atom. The Balaban J connectivity index is 3.54. The maximum atomic E-state index is 12.5. The van der Waals surface area contributed by atoms with Gasteiger partial charge >= 0.3 is 5.97 Å². The van der Waals surface area contributed by atoms with Gasteiger partial charge in [0.2, 0.25) is 5.91 Å². The lowest BCUT2D eigenvalue weighted by Crippen LogP contribution is -2.45. The van der Waals surface area contributed by atoms with E-state index in [0.717, 1.165) is 70.6 Å². The van der Waals surface area contributed by atoms with Crippen LogP contribution in [0.25, 0.3) is 0 Å². The first-order valence-corrected chi connectivity index (χ1v) is 29.3. The predicted molar refractivity (Wildman–Crippen MR) is 287 cm³/mol. The maximum absolute atomic E-state index is 12.5. The van der Waals surface area contributed by atoms with Gasteiger partial charge in [-0.2, -0.15) is 0 Å². The van der Waals surface area contributed by atoms with Crippen LogP contribution in [0.2, 0.25) is 0 Å². The van der Waals surface area contributed by atoms with Crippen molar-refractivity contribution in [3.8, 4) is 0 Å². The number of hydrogen-bond donors (Lipinski definition) is 3. The molecule has 0 fully saturated rings. The first kappa shape index (κ1) is 64.1. The molecule has 0 aliphatic heterocycles. The Morgan fingerprint density at radius 1 is 0.409 bits per heavy atom. The van der Waals surface area contributed by atoms with E-state index in [1.54, 1.807) is 6.08 Å². The molecular weight excluding hydrogens is 815 g/mol. The number of carbonyl (C=O) groups excluding carboxylic acids is 2. The van der Waals surface area contributed by atoms with Crippen LogP contribution in [-0.4, -0.2) is 47.4 Å². The maximum Gasteiger partial charge on any atom is 0.305 e. The van der Waals surface area contributed by atoms with Gasteiger partial charge in [-0.05, 0) is 77.0 Å². The van der Waals surface area contributed by atoms with Crippen molar-refractivity contribution in [1.82, 2.24) is 5.32 Å². The number of esters is 1. The third-order valence-electron chi connectivity index (χ3n) is 13.4. The van der Waals surface area contributed by atoms with Crippen LogP contribution in [0.15, 0.2) is 36.5 Å². The standard InChI is InChI=1S/C60H113NO5/c1-3-5-7-9-11-13-15-17-19-21-23-24-26-27-29-31-33-36-40-44-48-52-58(63)57(56-62)61-59(64)53-49-45-41-37-35-39-43-47-51-55-66-60(65)54-50-46-42-38-34-32-30-28-25-22-20-18-16-14-12-10-8-6-4-2/h18,20,37,41,48,52,57-58,62-63H,3-17,19,21-36,38-40,42-47,49-51,53-56H2,1-2H3,(H,61,64)/b20-18-,41-37-,52-48+. The number of allylic oxidation sites excluding steroid dienone is 5. The van der Waals surface area contributed by atoms with Crippen molar-refractivity contribution >= 4 is 11.9 Å². The van der Waals surface area contributed by atoms with Crippen LogP contribution in [0, 0.1) is 0 Å². The van der Waals surface area contributed by atoms with E-state index in [2.05, 4.69) is 43.5 Å². The lowest BCUT2D eigenvalue weighted by Gasteiger charge is -2.19. The Kier molecular flexibility index (Phi) is 54.1. The highest BCUT2D eigenvalue weighted by atomic mass is 16.5. The number of unbranched alkanes of at least 4 members (excludes halogenated alkanes) is 39. The van der Waals surface area contributed by atoms with Crippen molar-refractivity contribution in [1.29, 1.82) is 0 Å². The molecule has 0 aromatic rings. The molecule has 6 heteroatoms. The second kappa shape index (κ2) is 55.7. The van der Waals surface area contributed by atoms with Crippen LogP contribution in [0.5, 0.6) is 0 Å². The first-order chi connectivity index (χ1) is 32.5. The summed E-state index contributed by atoms with van der Waals surface area (Å²) >= 11 is 0. The monoisotopic (exact) mass is 928 g/mol. The van der Waals surface area contributed by atoms with Crippen LogP contribution in [0.3, 0.4) is 0 Å². The zero-order valence-electron chi connectivity index (χ0n) is 44.2. The van der Waals surface area contributed by atoms with Crippen LogP contribution in [0.1, 0.15) is 309 Å². The minimum Gasteiger partial charge on any atom is -0.466 e. The molecule has 0 bridgehead atoms. The molecule has 0 heterocycles. The average Bonchev–Trinajstić information content (AvgIpc) is 3.32. The lowest BCUT2D eigenvalue weighted by atomic mass is 10.0. The second-order valence-corrected chi connectivity index (χ2v) is 20.0. The number of rotatable bonds is 54. The summed E-state index contributed by atoms with van der Waals surface area (Å²) in [6, 6.07) is -0.667. The Labute approximate surface area is 411 Å². The topological polar surface area (TPSA) is 95.9 Å². The number of amides is 1. The van der Waals surface area contributed by atoms with Crippen molar-refractivity contribution < 1.29 is 24.5 Å². The van der Waals surface area contributed by atoms with Crippen LogP contribution in [0.4, 0.5) is 0 Å². The first-order valence-electron chi connectivity index (χ1n) is 29.3. The molecule has 388 valence electrons. The normalized spacial score (nSPS) is 12.8. The van der Waals surface area contributed by atoms with Gasteiger partial charge in [0.1, 0.15) is 0 Å². The summed E-state index contributed by atoms with van der Waals surface area (Å²) < 4.78 is 5.46. The highest BCUT2D eigenvalue weighted by Gasteiger charge is 2.18. The number of hydrogen-bond acceptors (Lipinski definition) is 5. The summed E-state index contributed by atoms with van der Waals surface area (Å²) in [5, 5.41) is 23.1. The summed E-state index contributed by atoms with van der Waals surface area (Å²) in [7, 11) is 0. The van der Waals surface area contributed by atoms with Crippen LogP contribution < -0.4 is 5.32 Å². The molecule has 0 aliphatic rings. The fraction of sp³-hybridized carbons (Fsp3) is 0.867. The smallest absolute Gasteiger partial charge is 0.305 e. The van der Waals surface area contributed by atoms with Crippen molar-refractivity contribution in [3.63, 3.8) is 0 Å². The Bertz CT molecular complexity index is 1070. The summed E-state index contributed by atoms with van der Waals surface area (Å²) in [6.45, 7) is 4.82. The molecule has 2 atom stereocenters. The van der Waals surface area contributed by atoms with Gasteiger partial charge in [-0.15, -0.1) is 0 Å². The summed E-state index contributed by atoms with van der Waals surface area (Å²) in [5.74, 6) is -0.165. The fourth-order valence-corrected chi connectivity index (χ4v) is 8.87. The molecule has 0 aromatic heterocycles. The van der Waals surface area contributed by atoms with Gasteiger partial charge in [-0.3, -0.25) is 9.59 Å². The van der Waals surface area contributed by atoms with Crippen molar-refractivity contribution in [3.05, 3.63) is 36.5 Å². The number of ether oxygens (including phenoxy) is 1. The predicted octanol–water partition coefficient (Wildman–Crippen LogP) is 18.0. The lowest BCUT2D eigenvalue weighted by molar-refractivity contribution is -0.143. The molecule has 0 saturated heterocycles. The zero-order valence-corrected chi connectivity index (χ0v) is 44.2. The van der Waals surface area contributed by atoms with Gasteiger partial charge in [-0.25, -0.2) is 0 Å². The van der Waals surface area contributed by atoms with Crippen molar-refractivity contribution in [2.45, 2.75) is 321 Å². The third-order valence-corrected chi connectivity index (χ3v) is 13.4. The molecule has 0 saturated carbocycles. The fourth-order valence-electron chi connectivity index (χ4n) is 8.87. The number of aliphatic hydroxyl groups excluding tert-OH is 2. The molecule has 1 amide bonds. The molecule has 2 unspecified atom stereocenters. The minimum atomic E-state index is -0.877. The van der Waals surface area contributed by atoms with E-state index >= 15 is 0 Å². The molecule has 0 rings (SSSR count). The average molecular weight is 929 g/mol. The SMILES string of the molecule is CCCCCCCC/C=C\CCCCCCCCCCCC(=O)OCCCCCC/C=C\CCCC(=O)NC(CO)C(O)/C=C/CCCCCCCCCCCCCCCCCCCCC. The molecule has 6 nitrogen and oxygen atoms in total. The second-order valence-electron chi connectivity index (χ2n) is 20.0. The Hall–Kier alpha value is -1.92. The number of aliphatic hydroxyl groups is 2. The van der Waals surface area contributed by atoms with Crippen molar-refractivity contribution in [2.24, 2.45) is 0 Å². The largest absolute Gasteiger partial charge is 0.466 e. The number of nitrogens with one attached hydrogen (secondary N) is 1. The molecule has 0 spiro atoms. The van der Waals surface area contributed by atoms with E-state index in [1.165, 1.54) is 212 Å². The molecule has 0 aromatic carbocycles. The number of carbonyl (C=O) groups is 2. The molecule has 0 radical (unpaired) electrons. The van der Waals surface area contributed by atoms with Gasteiger partial charge in [0.05, 0.1) is 25.4 Å². The zero-order chi connectivity index (χ0) is 47.9. The van der Waals surface area contributed by atoms with Crippen LogP contribution >= 0.6 is 0 Å². The molecular formula is C60H113NO5. The van der Waals surface area contributed by atoms with E-state index in [9.17, 15) is 19.8 Å². The minimum absolute atomic E-state index is 0.0381. The third kappa shape index (κ3) is 51.5. The van der Waals surface area contributed by atoms with Crippen molar-refractivity contribution in [2.75, 3.05) is 13.2 Å². The Morgan fingerprint density at radius 2 is 0.727 bits per heavy atom.